The maximum Gasteiger partial charge on any atom is 0.418 e. The summed E-state index contributed by atoms with van der Waals surface area (Å²) in [5.41, 5.74) is 2.26. The average Bonchev–Trinajstić information content (AvgIpc) is 2.73. The minimum Gasteiger partial charge on any atom is -0.304 e. The summed E-state index contributed by atoms with van der Waals surface area (Å²) in [5.74, 6) is 0. The highest BCUT2D eigenvalue weighted by Crippen LogP contribution is 2.31. The highest BCUT2D eigenvalue weighted by molar-refractivity contribution is 5.29. The van der Waals surface area contributed by atoms with Crippen LogP contribution in [0.3, 0.4) is 0 Å². The van der Waals surface area contributed by atoms with Crippen LogP contribution in [0.4, 0.5) is 13.2 Å². The van der Waals surface area contributed by atoms with Crippen LogP contribution in [0.25, 0.3) is 0 Å². The second kappa shape index (κ2) is 6.70. The summed E-state index contributed by atoms with van der Waals surface area (Å²) in [4.78, 5) is 3.89. The zero-order chi connectivity index (χ0) is 17.2. The molecule has 1 N–H and O–H groups in total. The minimum atomic E-state index is -4.40. The first kappa shape index (κ1) is 17.5. The molecular weight excluding hydrogens is 305 g/mol. The molecule has 0 amide bonds. The van der Waals surface area contributed by atoms with Crippen molar-refractivity contribution in [3.05, 3.63) is 46.5 Å². The third kappa shape index (κ3) is 3.72. The molecule has 2 heterocycles. The Labute approximate surface area is 133 Å². The summed E-state index contributed by atoms with van der Waals surface area (Å²) in [5, 5.41) is 7.57. The quantitative estimate of drug-likeness (QED) is 0.911. The fourth-order valence-corrected chi connectivity index (χ4v) is 2.80. The normalized spacial score (nSPS) is 13.3. The second-order valence-corrected chi connectivity index (χ2v) is 5.55. The number of pyridine rings is 1. The third-order valence-corrected chi connectivity index (χ3v) is 4.03. The zero-order valence-electron chi connectivity index (χ0n) is 13.7. The molecule has 7 heteroatoms. The molecule has 2 aromatic heterocycles. The number of aryl methyl sites for hydroxylation is 2. The van der Waals surface area contributed by atoms with Crippen molar-refractivity contribution in [1.82, 2.24) is 20.1 Å². The number of alkyl halides is 3. The third-order valence-electron chi connectivity index (χ3n) is 4.03. The minimum absolute atomic E-state index is 0.0117. The Morgan fingerprint density at radius 1 is 1.30 bits per heavy atom. The smallest absolute Gasteiger partial charge is 0.304 e. The molecule has 0 aliphatic carbocycles. The Morgan fingerprint density at radius 2 is 2.00 bits per heavy atom. The molecule has 0 fully saturated rings. The average molecular weight is 326 g/mol. The van der Waals surface area contributed by atoms with E-state index in [1.54, 1.807) is 4.68 Å². The van der Waals surface area contributed by atoms with E-state index in [-0.39, 0.29) is 18.3 Å². The van der Waals surface area contributed by atoms with Gasteiger partial charge in [-0.3, -0.25) is 9.67 Å². The van der Waals surface area contributed by atoms with Crippen LogP contribution in [-0.2, 0) is 19.8 Å². The topological polar surface area (TPSA) is 42.7 Å². The van der Waals surface area contributed by atoms with Gasteiger partial charge in [-0.05, 0) is 32.4 Å². The second-order valence-electron chi connectivity index (χ2n) is 5.55. The summed E-state index contributed by atoms with van der Waals surface area (Å²) in [7, 11) is 1.86. The van der Waals surface area contributed by atoms with Gasteiger partial charge in [0.15, 0.2) is 0 Å². The van der Waals surface area contributed by atoms with Gasteiger partial charge >= 0.3 is 6.18 Å². The summed E-state index contributed by atoms with van der Waals surface area (Å²) < 4.78 is 40.9. The van der Waals surface area contributed by atoms with Gasteiger partial charge in [0, 0.05) is 37.1 Å². The number of halogens is 3. The van der Waals surface area contributed by atoms with E-state index in [2.05, 4.69) is 15.4 Å². The molecule has 0 aliphatic heterocycles. The van der Waals surface area contributed by atoms with Crippen LogP contribution < -0.4 is 5.32 Å². The van der Waals surface area contributed by atoms with E-state index in [0.29, 0.717) is 0 Å². The van der Waals surface area contributed by atoms with Gasteiger partial charge in [0.1, 0.15) is 0 Å². The van der Waals surface area contributed by atoms with Crippen LogP contribution in [0, 0.1) is 13.8 Å². The molecule has 0 saturated heterocycles. The fourth-order valence-electron chi connectivity index (χ4n) is 2.80. The van der Waals surface area contributed by atoms with E-state index < -0.39 is 11.7 Å². The predicted octanol–water partition coefficient (Wildman–Crippen LogP) is 3.69. The number of aromatic nitrogens is 3. The Kier molecular flexibility index (Phi) is 5.09. The maximum absolute atomic E-state index is 13.0. The van der Waals surface area contributed by atoms with Crippen LogP contribution in [0.15, 0.2) is 18.3 Å². The molecule has 2 aromatic rings. The van der Waals surface area contributed by atoms with Crippen molar-refractivity contribution in [2.75, 3.05) is 0 Å². The van der Waals surface area contributed by atoms with Gasteiger partial charge in [0.25, 0.3) is 0 Å². The molecule has 0 radical (unpaired) electrons. The number of nitrogens with zero attached hydrogens (tertiary/aromatic N) is 3. The first-order valence-corrected chi connectivity index (χ1v) is 7.50. The summed E-state index contributed by atoms with van der Waals surface area (Å²) in [6, 6.07) is 2.30. The first-order chi connectivity index (χ1) is 10.8. The lowest BCUT2D eigenvalue weighted by atomic mass is 10.0. The predicted molar refractivity (Wildman–Crippen MR) is 81.8 cm³/mol. The lowest BCUT2D eigenvalue weighted by Gasteiger charge is -2.19. The van der Waals surface area contributed by atoms with Gasteiger partial charge in [-0.2, -0.15) is 18.3 Å². The lowest BCUT2D eigenvalue weighted by Crippen LogP contribution is -2.24. The summed E-state index contributed by atoms with van der Waals surface area (Å²) in [6.07, 6.45) is -2.26. The molecule has 0 bridgehead atoms. The Balaban J connectivity index is 2.22. The number of rotatable bonds is 5. The van der Waals surface area contributed by atoms with Crippen LogP contribution in [0.1, 0.15) is 47.6 Å². The highest BCUT2D eigenvalue weighted by Gasteiger charge is 2.33. The van der Waals surface area contributed by atoms with Gasteiger partial charge in [-0.25, -0.2) is 0 Å². The molecular formula is C16H21F3N4. The Hall–Kier alpha value is -1.89. The van der Waals surface area contributed by atoms with Gasteiger partial charge in [-0.15, -0.1) is 0 Å². The summed E-state index contributed by atoms with van der Waals surface area (Å²) >= 11 is 0. The van der Waals surface area contributed by atoms with E-state index in [9.17, 15) is 13.2 Å². The molecule has 0 saturated carbocycles. The molecule has 0 spiro atoms. The molecule has 0 aromatic carbocycles. The van der Waals surface area contributed by atoms with Crippen molar-refractivity contribution < 1.29 is 13.2 Å². The number of hydrogen-bond donors (Lipinski definition) is 1. The van der Waals surface area contributed by atoms with Crippen LogP contribution >= 0.6 is 0 Å². The highest BCUT2D eigenvalue weighted by atomic mass is 19.4. The van der Waals surface area contributed by atoms with E-state index in [4.69, 9.17) is 0 Å². The van der Waals surface area contributed by atoms with Crippen LogP contribution in [-0.4, -0.2) is 14.8 Å². The van der Waals surface area contributed by atoms with Crippen molar-refractivity contribution in [2.24, 2.45) is 7.05 Å². The maximum atomic E-state index is 13.0. The monoisotopic (exact) mass is 326 g/mol. The fraction of sp³-hybridized carbons (Fsp3) is 0.500. The van der Waals surface area contributed by atoms with Gasteiger partial charge < -0.3 is 5.32 Å². The summed E-state index contributed by atoms with van der Waals surface area (Å²) in [6.45, 7) is 5.92. The zero-order valence-corrected chi connectivity index (χ0v) is 13.7. The molecule has 126 valence electrons. The van der Waals surface area contributed by atoms with E-state index in [0.717, 1.165) is 29.4 Å². The van der Waals surface area contributed by atoms with E-state index in [1.165, 1.54) is 12.3 Å². The SMILES string of the molecule is CC[C@@H](NCc1ncccc1C(F)(F)F)c1c(C)nn(C)c1C. The van der Waals surface area contributed by atoms with Gasteiger partial charge in [0.05, 0.1) is 17.0 Å². The number of hydrogen-bond acceptors (Lipinski definition) is 3. The van der Waals surface area contributed by atoms with Gasteiger partial charge in [0.2, 0.25) is 0 Å². The van der Waals surface area contributed by atoms with Crippen LogP contribution in [0.2, 0.25) is 0 Å². The van der Waals surface area contributed by atoms with Crippen molar-refractivity contribution >= 4 is 0 Å². The Bertz CT molecular complexity index is 676. The molecule has 1 atom stereocenters. The van der Waals surface area contributed by atoms with Crippen LogP contribution in [0.5, 0.6) is 0 Å². The first-order valence-electron chi connectivity index (χ1n) is 7.50. The van der Waals surface area contributed by atoms with E-state index >= 15 is 0 Å². The van der Waals surface area contributed by atoms with Crippen molar-refractivity contribution in [3.63, 3.8) is 0 Å². The van der Waals surface area contributed by atoms with Crippen molar-refractivity contribution in [1.29, 1.82) is 0 Å². The Morgan fingerprint density at radius 3 is 2.52 bits per heavy atom. The molecule has 0 unspecified atom stereocenters. The molecule has 2 rings (SSSR count). The largest absolute Gasteiger partial charge is 0.418 e. The van der Waals surface area contributed by atoms with Gasteiger partial charge in [-0.1, -0.05) is 6.92 Å². The molecule has 4 nitrogen and oxygen atoms in total. The van der Waals surface area contributed by atoms with Crippen molar-refractivity contribution in [3.8, 4) is 0 Å². The van der Waals surface area contributed by atoms with E-state index in [1.807, 2.05) is 27.8 Å². The lowest BCUT2D eigenvalue weighted by molar-refractivity contribution is -0.138. The molecule has 23 heavy (non-hydrogen) atoms. The number of nitrogens with one attached hydrogen (secondary N) is 1. The standard InChI is InChI=1S/C16H21F3N4/c1-5-13(15-10(2)22-23(4)11(15)3)21-9-14-12(16(17,18)19)7-6-8-20-14/h6-8,13,21H,5,9H2,1-4H3/t13-/m1/s1. The van der Waals surface area contributed by atoms with Crippen molar-refractivity contribution in [2.45, 2.75) is 46.0 Å². The molecule has 0 aliphatic rings.